The van der Waals surface area contributed by atoms with E-state index in [2.05, 4.69) is 30.0 Å². The molecule has 0 saturated carbocycles. The summed E-state index contributed by atoms with van der Waals surface area (Å²) in [5.41, 5.74) is 15.1. The number of likely N-dealkylation sites (tertiary alicyclic amines) is 1. The first kappa shape index (κ1) is 29.2. The highest BCUT2D eigenvalue weighted by molar-refractivity contribution is 6.03. The van der Waals surface area contributed by atoms with Crippen molar-refractivity contribution in [1.82, 2.24) is 19.3 Å². The summed E-state index contributed by atoms with van der Waals surface area (Å²) in [6.45, 7) is 12.0. The smallest absolute Gasteiger partial charge is 0.323 e. The minimum Gasteiger partial charge on any atom is -0.351 e. The number of amides is 3. The minimum atomic E-state index is -0.561. The van der Waals surface area contributed by atoms with Crippen molar-refractivity contribution < 1.29 is 14.4 Å². The van der Waals surface area contributed by atoms with Crippen LogP contribution in [-0.2, 0) is 30.7 Å². The first-order chi connectivity index (χ1) is 20.6. The number of carbonyl (C=O) groups is 3. The van der Waals surface area contributed by atoms with Crippen molar-refractivity contribution in [2.45, 2.75) is 78.9 Å². The first-order valence-corrected chi connectivity index (χ1v) is 15.7. The van der Waals surface area contributed by atoms with Crippen LogP contribution < -0.4 is 5.73 Å². The van der Waals surface area contributed by atoms with E-state index in [1.807, 2.05) is 48.8 Å². The number of nitrogens with two attached hydrogens (primary N) is 1. The number of carbonyl (C=O) groups excluding carboxylic acids is 3. The van der Waals surface area contributed by atoms with Crippen LogP contribution in [0.25, 0.3) is 11.3 Å². The van der Waals surface area contributed by atoms with Crippen LogP contribution in [0.15, 0.2) is 36.4 Å². The topological polar surface area (TPSA) is 91.9 Å². The van der Waals surface area contributed by atoms with Gasteiger partial charge in [0, 0.05) is 42.5 Å². The van der Waals surface area contributed by atoms with Crippen LogP contribution in [0.3, 0.4) is 0 Å². The van der Waals surface area contributed by atoms with Gasteiger partial charge in [-0.2, -0.15) is 0 Å². The summed E-state index contributed by atoms with van der Waals surface area (Å²) < 4.78 is 1.55. The summed E-state index contributed by atoms with van der Waals surface area (Å²) in [5.74, 6) is 0.0824. The summed E-state index contributed by atoms with van der Waals surface area (Å²) >= 11 is 0. The summed E-state index contributed by atoms with van der Waals surface area (Å²) in [5, 5.41) is 0. The van der Waals surface area contributed by atoms with Crippen LogP contribution in [0, 0.1) is 20.8 Å². The molecular formula is C35H43N5O3. The minimum absolute atomic E-state index is 0.0152. The van der Waals surface area contributed by atoms with E-state index in [9.17, 15) is 14.4 Å². The number of hydrogen-bond donors (Lipinski definition) is 1. The first-order valence-electron chi connectivity index (χ1n) is 15.7. The lowest BCUT2D eigenvalue weighted by atomic mass is 9.89. The van der Waals surface area contributed by atoms with E-state index in [1.165, 1.54) is 12.0 Å². The highest BCUT2D eigenvalue weighted by atomic mass is 16.2. The van der Waals surface area contributed by atoms with E-state index < -0.39 is 6.03 Å². The van der Waals surface area contributed by atoms with Crippen LogP contribution in [0.1, 0.15) is 75.6 Å². The number of aromatic nitrogens is 1. The molecular weight excluding hydrogens is 538 g/mol. The van der Waals surface area contributed by atoms with Crippen molar-refractivity contribution in [3.8, 4) is 11.3 Å². The number of nitrogens with zero attached hydrogens (tertiary/aromatic N) is 4. The molecule has 3 amide bonds. The number of primary amides is 1. The van der Waals surface area contributed by atoms with Gasteiger partial charge in [-0.15, -0.1) is 0 Å². The standard InChI is InChI=1S/C35H43N5O3/c1-22-16-26-10-6-7-11-28(26)20-39(22)34(42)31-18-29-19-38(32(41)21-37-13-8-5-9-14-37)15-12-27(29)17-30(31)33-24(3)23(2)25(4)40(33)35(36)43/h6-7,10-11,17-18,22H,5,8-9,12-16,19-21H2,1-4H3,(H2,36,43)/t22-/m1/s1. The molecule has 0 aliphatic carbocycles. The maximum absolute atomic E-state index is 14.6. The Kier molecular flexibility index (Phi) is 7.90. The summed E-state index contributed by atoms with van der Waals surface area (Å²) in [6, 6.07) is 11.8. The van der Waals surface area contributed by atoms with Crippen LogP contribution in [0.5, 0.6) is 0 Å². The van der Waals surface area contributed by atoms with Crippen molar-refractivity contribution in [3.05, 3.63) is 81.0 Å². The lowest BCUT2D eigenvalue weighted by Crippen LogP contribution is -2.44. The van der Waals surface area contributed by atoms with Crippen molar-refractivity contribution >= 4 is 17.8 Å². The normalized spacial score (nSPS) is 18.7. The van der Waals surface area contributed by atoms with Gasteiger partial charge in [0.25, 0.3) is 5.91 Å². The third-order valence-electron chi connectivity index (χ3n) is 10.0. The molecule has 0 radical (unpaired) electrons. The van der Waals surface area contributed by atoms with E-state index in [0.717, 1.165) is 71.4 Å². The van der Waals surface area contributed by atoms with E-state index >= 15 is 0 Å². The van der Waals surface area contributed by atoms with Gasteiger partial charge in [-0.25, -0.2) is 4.79 Å². The van der Waals surface area contributed by atoms with Gasteiger partial charge >= 0.3 is 6.03 Å². The van der Waals surface area contributed by atoms with Crippen molar-refractivity contribution in [1.29, 1.82) is 0 Å². The molecule has 2 N–H and O–H groups in total. The van der Waals surface area contributed by atoms with Gasteiger partial charge in [-0.3, -0.25) is 19.1 Å². The third kappa shape index (κ3) is 5.37. The average Bonchev–Trinajstić information content (AvgIpc) is 3.23. The number of hydrogen-bond acceptors (Lipinski definition) is 4. The quantitative estimate of drug-likeness (QED) is 0.471. The molecule has 0 spiro atoms. The Bertz CT molecular complexity index is 1600. The number of fused-ring (bicyclic) bond motifs is 2. The summed E-state index contributed by atoms with van der Waals surface area (Å²) in [7, 11) is 0. The largest absolute Gasteiger partial charge is 0.351 e. The van der Waals surface area contributed by atoms with Gasteiger partial charge in [0.1, 0.15) is 0 Å². The molecule has 0 bridgehead atoms. The lowest BCUT2D eigenvalue weighted by molar-refractivity contribution is -0.133. The van der Waals surface area contributed by atoms with Crippen molar-refractivity contribution in [3.63, 3.8) is 0 Å². The van der Waals surface area contributed by atoms with Gasteiger partial charge in [-0.1, -0.05) is 30.7 Å². The molecule has 1 saturated heterocycles. The molecule has 226 valence electrons. The number of benzene rings is 2. The fourth-order valence-electron chi connectivity index (χ4n) is 7.26. The van der Waals surface area contributed by atoms with Crippen LogP contribution >= 0.6 is 0 Å². The van der Waals surface area contributed by atoms with E-state index in [1.54, 1.807) is 4.57 Å². The Hall–Kier alpha value is -3.91. The second kappa shape index (κ2) is 11.6. The Labute approximate surface area is 254 Å². The highest BCUT2D eigenvalue weighted by Gasteiger charge is 2.33. The van der Waals surface area contributed by atoms with E-state index in [0.29, 0.717) is 43.9 Å². The monoisotopic (exact) mass is 581 g/mol. The fraction of sp³-hybridized carbons (Fsp3) is 0.457. The van der Waals surface area contributed by atoms with Gasteiger partial charge in [0.2, 0.25) is 5.91 Å². The van der Waals surface area contributed by atoms with E-state index in [4.69, 9.17) is 5.73 Å². The van der Waals surface area contributed by atoms with Crippen molar-refractivity contribution in [2.24, 2.45) is 5.73 Å². The maximum Gasteiger partial charge on any atom is 0.323 e. The van der Waals surface area contributed by atoms with Gasteiger partial charge in [0.15, 0.2) is 0 Å². The fourth-order valence-corrected chi connectivity index (χ4v) is 7.26. The van der Waals surface area contributed by atoms with Gasteiger partial charge in [-0.05, 0) is 112 Å². The average molecular weight is 582 g/mol. The molecule has 8 nitrogen and oxygen atoms in total. The molecule has 2 aromatic carbocycles. The lowest BCUT2D eigenvalue weighted by Gasteiger charge is -2.36. The number of rotatable bonds is 4. The van der Waals surface area contributed by atoms with E-state index in [-0.39, 0.29) is 17.9 Å². The molecule has 4 heterocycles. The zero-order valence-electron chi connectivity index (χ0n) is 25.9. The maximum atomic E-state index is 14.6. The van der Waals surface area contributed by atoms with Gasteiger partial charge < -0.3 is 15.5 Å². The molecule has 3 aliphatic rings. The second-order valence-electron chi connectivity index (χ2n) is 12.7. The molecule has 43 heavy (non-hydrogen) atoms. The molecule has 1 fully saturated rings. The van der Waals surface area contributed by atoms with Crippen LogP contribution in [0.2, 0.25) is 0 Å². The zero-order valence-corrected chi connectivity index (χ0v) is 25.9. The predicted octanol–water partition coefficient (Wildman–Crippen LogP) is 4.96. The Morgan fingerprint density at radius 1 is 0.860 bits per heavy atom. The predicted molar refractivity (Wildman–Crippen MR) is 168 cm³/mol. The Balaban J connectivity index is 1.41. The second-order valence-corrected chi connectivity index (χ2v) is 12.7. The third-order valence-corrected chi connectivity index (χ3v) is 10.0. The summed E-state index contributed by atoms with van der Waals surface area (Å²) in [4.78, 5) is 46.8. The van der Waals surface area contributed by atoms with Crippen molar-refractivity contribution in [2.75, 3.05) is 26.2 Å². The van der Waals surface area contributed by atoms with Gasteiger partial charge in [0.05, 0.1) is 12.2 Å². The summed E-state index contributed by atoms with van der Waals surface area (Å²) in [6.07, 6.45) is 5.02. The molecule has 3 aromatic rings. The molecule has 6 rings (SSSR count). The zero-order chi connectivity index (χ0) is 30.4. The molecule has 3 aliphatic heterocycles. The Morgan fingerprint density at radius 2 is 1.58 bits per heavy atom. The Morgan fingerprint density at radius 3 is 2.30 bits per heavy atom. The molecule has 1 atom stereocenters. The molecule has 0 unspecified atom stereocenters. The molecule has 8 heteroatoms. The highest BCUT2D eigenvalue weighted by Crippen LogP contribution is 2.37. The van der Waals surface area contributed by atoms with Crippen LogP contribution in [-0.4, -0.2) is 69.3 Å². The number of piperidine rings is 1. The molecule has 1 aromatic heterocycles. The van der Waals surface area contributed by atoms with Crippen LogP contribution in [0.4, 0.5) is 4.79 Å². The SMILES string of the molecule is Cc1c(C)c(-c2cc3c(cc2C(=O)N2Cc4ccccc4C[C@H]2C)CN(C(=O)CN2CCCCC2)CC3)n(C(N)=O)c1C.